The third-order valence-corrected chi connectivity index (χ3v) is 4.77. The number of hydrogen-bond acceptors (Lipinski definition) is 5. The van der Waals surface area contributed by atoms with Crippen LogP contribution in [0.15, 0.2) is 24.3 Å². The minimum absolute atomic E-state index is 0.148. The first kappa shape index (κ1) is 22.5. The first-order valence-electron chi connectivity index (χ1n) is 9.41. The average Bonchev–Trinajstić information content (AvgIpc) is 3.31. The summed E-state index contributed by atoms with van der Waals surface area (Å²) in [4.78, 5) is 23.6. The van der Waals surface area contributed by atoms with Crippen LogP contribution in [0.25, 0.3) is 5.69 Å². The van der Waals surface area contributed by atoms with Crippen LogP contribution in [0.3, 0.4) is 0 Å². The van der Waals surface area contributed by atoms with Gasteiger partial charge in [-0.1, -0.05) is 12.0 Å². The Balaban J connectivity index is 0.000000269. The van der Waals surface area contributed by atoms with Gasteiger partial charge < -0.3 is 21.1 Å². The Kier molecular flexibility index (Phi) is 7.62. The number of benzene rings is 1. The van der Waals surface area contributed by atoms with Gasteiger partial charge in [-0.05, 0) is 37.5 Å². The molecule has 2 amide bonds. The number of aliphatic hydroxyl groups excluding tert-OH is 1. The van der Waals surface area contributed by atoms with Crippen molar-refractivity contribution in [3.63, 3.8) is 0 Å². The van der Waals surface area contributed by atoms with Crippen LogP contribution in [-0.2, 0) is 11.2 Å². The van der Waals surface area contributed by atoms with Crippen LogP contribution in [-0.4, -0.2) is 57.8 Å². The van der Waals surface area contributed by atoms with Crippen molar-refractivity contribution in [3.05, 3.63) is 41.1 Å². The second-order valence-corrected chi connectivity index (χ2v) is 6.74. The summed E-state index contributed by atoms with van der Waals surface area (Å²) in [6.07, 6.45) is 15.1. The largest absolute Gasteiger partial charge is 0.383 e. The van der Waals surface area contributed by atoms with Crippen molar-refractivity contribution >= 4 is 17.6 Å². The van der Waals surface area contributed by atoms with E-state index in [4.69, 9.17) is 17.3 Å². The van der Waals surface area contributed by atoms with E-state index in [2.05, 4.69) is 29.2 Å². The van der Waals surface area contributed by atoms with E-state index in [9.17, 15) is 9.59 Å². The van der Waals surface area contributed by atoms with Crippen molar-refractivity contribution < 1.29 is 14.7 Å². The van der Waals surface area contributed by atoms with Crippen LogP contribution < -0.4 is 11.1 Å². The summed E-state index contributed by atoms with van der Waals surface area (Å²) in [5.74, 6) is 2.78. The van der Waals surface area contributed by atoms with Crippen molar-refractivity contribution in [3.8, 4) is 30.9 Å². The normalized spacial score (nSPS) is 16.7. The molecule has 2 aliphatic heterocycles. The van der Waals surface area contributed by atoms with Crippen molar-refractivity contribution in [2.24, 2.45) is 5.73 Å². The number of anilines is 1. The van der Waals surface area contributed by atoms with E-state index >= 15 is 0 Å². The molecule has 8 heteroatoms. The van der Waals surface area contributed by atoms with Crippen molar-refractivity contribution in [1.29, 1.82) is 0 Å². The smallest absolute Gasteiger partial charge is 0.269 e. The van der Waals surface area contributed by atoms with Crippen LogP contribution in [0.5, 0.6) is 0 Å². The molecule has 1 fully saturated rings. The van der Waals surface area contributed by atoms with Crippen LogP contribution in [0, 0.1) is 25.2 Å². The van der Waals surface area contributed by atoms with Crippen molar-refractivity contribution in [2.45, 2.75) is 25.4 Å². The van der Waals surface area contributed by atoms with Gasteiger partial charge >= 0.3 is 0 Å². The lowest BCUT2D eigenvalue weighted by Gasteiger charge is -2.16. The van der Waals surface area contributed by atoms with Gasteiger partial charge in [0.25, 0.3) is 11.8 Å². The Hall–Kier alpha value is -3.75. The maximum atomic E-state index is 11.5. The van der Waals surface area contributed by atoms with Gasteiger partial charge in [0.1, 0.15) is 11.9 Å². The highest BCUT2D eigenvalue weighted by Crippen LogP contribution is 2.28. The number of hydrogen-bond donors (Lipinski definition) is 3. The summed E-state index contributed by atoms with van der Waals surface area (Å²) >= 11 is 0. The number of primary amides is 1. The number of aromatic nitrogens is 2. The van der Waals surface area contributed by atoms with E-state index in [1.807, 2.05) is 24.3 Å². The Morgan fingerprint density at radius 1 is 1.40 bits per heavy atom. The summed E-state index contributed by atoms with van der Waals surface area (Å²) in [6, 6.07) is 7.47. The maximum Gasteiger partial charge on any atom is 0.269 e. The highest BCUT2D eigenvalue weighted by Gasteiger charge is 2.26. The number of likely N-dealkylation sites (tertiary alicyclic amines) is 1. The van der Waals surface area contributed by atoms with Crippen LogP contribution in [0.1, 0.15) is 34.5 Å². The first-order chi connectivity index (χ1) is 14.4. The predicted octanol–water partition coefficient (Wildman–Crippen LogP) is 0.769. The Morgan fingerprint density at radius 2 is 2.13 bits per heavy atom. The molecule has 0 saturated carbocycles. The van der Waals surface area contributed by atoms with E-state index in [0.29, 0.717) is 18.7 Å². The van der Waals surface area contributed by atoms with Gasteiger partial charge in [0.15, 0.2) is 5.69 Å². The minimum Gasteiger partial charge on any atom is -0.383 e. The summed E-state index contributed by atoms with van der Waals surface area (Å²) in [6.45, 7) is 1.55. The molecule has 156 valence electrons. The SMILES string of the molecule is C#C.C#Cc1cccc(-n2nc(C(N)=O)c3c2NCCC3)c1.CN1CC[C@H](O)C1=O. The van der Waals surface area contributed by atoms with Gasteiger partial charge in [-0.15, -0.1) is 19.3 Å². The molecule has 2 aliphatic rings. The van der Waals surface area contributed by atoms with Crippen LogP contribution in [0.4, 0.5) is 5.82 Å². The fraction of sp³-hybridized carbons (Fsp3) is 0.318. The fourth-order valence-corrected chi connectivity index (χ4v) is 3.26. The number of nitrogens with one attached hydrogen (secondary N) is 1. The molecule has 1 atom stereocenters. The summed E-state index contributed by atoms with van der Waals surface area (Å²) < 4.78 is 1.70. The molecule has 0 radical (unpaired) electrons. The summed E-state index contributed by atoms with van der Waals surface area (Å²) in [5, 5.41) is 16.4. The van der Waals surface area contributed by atoms with Crippen LogP contribution in [0.2, 0.25) is 0 Å². The number of terminal acetylenes is 2. The number of likely N-dealkylation sites (N-methyl/N-ethyl adjacent to an activating group) is 1. The molecule has 1 aromatic carbocycles. The zero-order valence-electron chi connectivity index (χ0n) is 16.8. The molecule has 1 saturated heterocycles. The second-order valence-electron chi connectivity index (χ2n) is 6.74. The molecule has 0 spiro atoms. The predicted molar refractivity (Wildman–Crippen MR) is 115 cm³/mol. The molecular formula is C22H25N5O3. The highest BCUT2D eigenvalue weighted by atomic mass is 16.3. The van der Waals surface area contributed by atoms with E-state index in [0.717, 1.165) is 42.0 Å². The molecule has 2 aromatic rings. The molecule has 1 aromatic heterocycles. The number of nitrogens with two attached hydrogens (primary N) is 1. The second kappa shape index (κ2) is 10.1. The summed E-state index contributed by atoms with van der Waals surface area (Å²) in [5.41, 5.74) is 8.21. The molecule has 0 aliphatic carbocycles. The molecule has 30 heavy (non-hydrogen) atoms. The van der Waals surface area contributed by atoms with Gasteiger partial charge in [0.05, 0.1) is 5.69 Å². The van der Waals surface area contributed by atoms with Crippen molar-refractivity contribution in [1.82, 2.24) is 14.7 Å². The van der Waals surface area contributed by atoms with E-state index in [-0.39, 0.29) is 5.91 Å². The van der Waals surface area contributed by atoms with Crippen LogP contribution >= 0.6 is 0 Å². The van der Waals surface area contributed by atoms with E-state index in [1.165, 1.54) is 4.90 Å². The van der Waals surface area contributed by atoms with Gasteiger partial charge in [0.2, 0.25) is 0 Å². The molecule has 0 bridgehead atoms. The maximum absolute atomic E-state index is 11.5. The van der Waals surface area contributed by atoms with E-state index in [1.54, 1.807) is 11.7 Å². The molecule has 3 heterocycles. The van der Waals surface area contributed by atoms with Gasteiger partial charge in [-0.25, -0.2) is 4.68 Å². The molecule has 0 unspecified atom stereocenters. The first-order valence-corrected chi connectivity index (χ1v) is 9.41. The number of aliphatic hydroxyl groups is 1. The number of fused-ring (bicyclic) bond motifs is 1. The molecule has 4 N–H and O–H groups in total. The number of carbonyl (C=O) groups excluding carboxylic acids is 2. The van der Waals surface area contributed by atoms with Gasteiger partial charge in [-0.2, -0.15) is 5.10 Å². The highest BCUT2D eigenvalue weighted by molar-refractivity contribution is 5.94. The topological polar surface area (TPSA) is 113 Å². The van der Waals surface area contributed by atoms with E-state index < -0.39 is 12.0 Å². The number of amides is 2. The zero-order chi connectivity index (χ0) is 22.3. The lowest BCUT2D eigenvalue weighted by Crippen LogP contribution is -2.24. The number of carbonyl (C=O) groups is 2. The number of nitrogens with zero attached hydrogens (tertiary/aromatic N) is 3. The molecule has 8 nitrogen and oxygen atoms in total. The Morgan fingerprint density at radius 3 is 2.67 bits per heavy atom. The average molecular weight is 407 g/mol. The minimum atomic E-state index is -0.722. The zero-order valence-corrected chi connectivity index (χ0v) is 16.8. The monoisotopic (exact) mass is 407 g/mol. The molecule has 4 rings (SSSR count). The third-order valence-electron chi connectivity index (χ3n) is 4.77. The lowest BCUT2D eigenvalue weighted by atomic mass is 10.1. The third kappa shape index (κ3) is 4.80. The quantitative estimate of drug-likeness (QED) is 0.637. The number of rotatable bonds is 2. The lowest BCUT2D eigenvalue weighted by molar-refractivity contribution is -0.133. The standard InChI is InChI=1S/C15H14N4O.C5H9NO2.C2H2/c1-2-10-5-3-6-11(9-10)19-15-12(7-4-8-17-15)13(18-19)14(16)20;1-6-3-2-4(7)5(6)8;1-2/h1,3,5-6,9,17H,4,7-8H2,(H2,16,20);4,7H,2-3H2,1H3;1-2H/t;4-;/m.0./s1. The Bertz CT molecular complexity index is 974. The Labute approximate surface area is 176 Å². The molecular weight excluding hydrogens is 382 g/mol. The van der Waals surface area contributed by atoms with Crippen molar-refractivity contribution in [2.75, 3.05) is 25.5 Å². The summed E-state index contributed by atoms with van der Waals surface area (Å²) in [7, 11) is 1.69. The van der Waals surface area contributed by atoms with Gasteiger partial charge in [0, 0.05) is 31.3 Å². The fourth-order valence-electron chi connectivity index (χ4n) is 3.26. The van der Waals surface area contributed by atoms with Gasteiger partial charge in [-0.3, -0.25) is 9.59 Å².